The molecule has 0 amide bonds. The van der Waals surface area contributed by atoms with Crippen LogP contribution in [0.15, 0.2) is 30.3 Å². The zero-order chi connectivity index (χ0) is 14.8. The molecule has 0 fully saturated rings. The summed E-state index contributed by atoms with van der Waals surface area (Å²) >= 11 is 0. The minimum Gasteiger partial charge on any atom is -0.463 e. The van der Waals surface area contributed by atoms with E-state index in [2.05, 4.69) is 0 Å². The van der Waals surface area contributed by atoms with Crippen molar-refractivity contribution in [2.75, 3.05) is 13.2 Å². The van der Waals surface area contributed by atoms with Crippen LogP contribution in [-0.4, -0.2) is 25.2 Å². The lowest BCUT2D eigenvalue weighted by atomic mass is 10.1. The van der Waals surface area contributed by atoms with Gasteiger partial charge in [0.05, 0.1) is 18.8 Å². The van der Waals surface area contributed by atoms with Gasteiger partial charge < -0.3 is 9.47 Å². The average Bonchev–Trinajstić information content (AvgIpc) is 2.46. The molecule has 0 aromatic heterocycles. The number of carbonyl (C=O) groups is 2. The minimum atomic E-state index is -0.375. The smallest absolute Gasteiger partial charge is 0.338 e. The van der Waals surface area contributed by atoms with Gasteiger partial charge in [0.25, 0.3) is 0 Å². The van der Waals surface area contributed by atoms with Crippen molar-refractivity contribution in [3.05, 3.63) is 41.5 Å². The van der Waals surface area contributed by atoms with Crippen molar-refractivity contribution in [2.45, 2.75) is 26.7 Å². The molecule has 0 bridgehead atoms. The minimum absolute atomic E-state index is 0.336. The predicted molar refractivity (Wildman–Crippen MR) is 77.3 cm³/mol. The van der Waals surface area contributed by atoms with Crippen LogP contribution in [0.3, 0.4) is 0 Å². The Morgan fingerprint density at radius 1 is 1.20 bits per heavy atom. The van der Waals surface area contributed by atoms with E-state index in [-0.39, 0.29) is 11.9 Å². The van der Waals surface area contributed by atoms with E-state index in [0.717, 1.165) is 18.4 Å². The second kappa shape index (κ2) is 8.91. The maximum Gasteiger partial charge on any atom is 0.338 e. The molecule has 1 aromatic carbocycles. The zero-order valence-corrected chi connectivity index (χ0v) is 11.9. The molecule has 0 aliphatic carbocycles. The molecule has 0 spiro atoms. The van der Waals surface area contributed by atoms with E-state index in [4.69, 9.17) is 9.47 Å². The summed E-state index contributed by atoms with van der Waals surface area (Å²) in [7, 11) is 0. The average molecular weight is 276 g/mol. The monoisotopic (exact) mass is 276 g/mol. The Hall–Kier alpha value is -2.10. The van der Waals surface area contributed by atoms with Crippen LogP contribution in [-0.2, 0) is 14.3 Å². The zero-order valence-electron chi connectivity index (χ0n) is 11.9. The van der Waals surface area contributed by atoms with Gasteiger partial charge in [-0.2, -0.15) is 0 Å². The number of hydrogen-bond donors (Lipinski definition) is 0. The fourth-order valence-corrected chi connectivity index (χ4v) is 1.51. The van der Waals surface area contributed by atoms with E-state index < -0.39 is 0 Å². The highest BCUT2D eigenvalue weighted by Crippen LogP contribution is 2.09. The molecule has 0 aliphatic rings. The molecule has 4 heteroatoms. The molecule has 0 radical (unpaired) electrons. The van der Waals surface area contributed by atoms with Crippen LogP contribution in [0.25, 0.3) is 6.08 Å². The number of rotatable bonds is 7. The Labute approximate surface area is 119 Å². The number of hydrogen-bond acceptors (Lipinski definition) is 4. The standard InChI is InChI=1S/C16H20O4/c1-3-5-11-20-15(17)10-9-13-7-6-8-14(12-13)16(18)19-4-2/h6-10,12H,3-5,11H2,1-2H3/b10-9+. The fraction of sp³-hybridized carbons (Fsp3) is 0.375. The highest BCUT2D eigenvalue weighted by atomic mass is 16.5. The molecule has 0 unspecified atom stereocenters. The molecule has 0 atom stereocenters. The van der Waals surface area contributed by atoms with E-state index in [0.29, 0.717) is 18.8 Å². The van der Waals surface area contributed by atoms with Crippen molar-refractivity contribution in [3.8, 4) is 0 Å². The van der Waals surface area contributed by atoms with Crippen molar-refractivity contribution < 1.29 is 19.1 Å². The van der Waals surface area contributed by atoms with Crippen molar-refractivity contribution in [1.29, 1.82) is 0 Å². The van der Waals surface area contributed by atoms with E-state index >= 15 is 0 Å². The summed E-state index contributed by atoms with van der Waals surface area (Å²) in [5.74, 6) is -0.742. The summed E-state index contributed by atoms with van der Waals surface area (Å²) in [6.07, 6.45) is 4.83. The van der Waals surface area contributed by atoms with Gasteiger partial charge in [-0.05, 0) is 37.1 Å². The molecular weight excluding hydrogens is 256 g/mol. The molecule has 0 saturated carbocycles. The van der Waals surface area contributed by atoms with Crippen molar-refractivity contribution in [3.63, 3.8) is 0 Å². The SMILES string of the molecule is CCCCOC(=O)/C=C/c1cccc(C(=O)OCC)c1. The van der Waals surface area contributed by atoms with E-state index in [1.807, 2.05) is 6.92 Å². The van der Waals surface area contributed by atoms with E-state index in [1.54, 1.807) is 37.3 Å². The van der Waals surface area contributed by atoms with E-state index in [9.17, 15) is 9.59 Å². The second-order valence-corrected chi connectivity index (χ2v) is 4.20. The van der Waals surface area contributed by atoms with Crippen LogP contribution < -0.4 is 0 Å². The topological polar surface area (TPSA) is 52.6 Å². The van der Waals surface area contributed by atoms with Crippen LogP contribution in [0.2, 0.25) is 0 Å². The summed E-state index contributed by atoms with van der Waals surface area (Å²) in [5, 5.41) is 0. The lowest BCUT2D eigenvalue weighted by Gasteiger charge is -2.02. The molecular formula is C16H20O4. The first-order valence-corrected chi connectivity index (χ1v) is 6.79. The number of benzene rings is 1. The van der Waals surface area contributed by atoms with Gasteiger partial charge in [-0.3, -0.25) is 0 Å². The quantitative estimate of drug-likeness (QED) is 0.436. The Morgan fingerprint density at radius 3 is 2.70 bits per heavy atom. The number of esters is 2. The fourth-order valence-electron chi connectivity index (χ4n) is 1.51. The predicted octanol–water partition coefficient (Wildman–Crippen LogP) is 3.22. The highest BCUT2D eigenvalue weighted by molar-refractivity contribution is 5.91. The first-order valence-electron chi connectivity index (χ1n) is 6.79. The van der Waals surface area contributed by atoms with Gasteiger partial charge in [0.15, 0.2) is 0 Å². The molecule has 0 heterocycles. The summed E-state index contributed by atoms with van der Waals surface area (Å²) < 4.78 is 9.92. The second-order valence-electron chi connectivity index (χ2n) is 4.20. The third-order valence-corrected chi connectivity index (χ3v) is 2.55. The molecule has 20 heavy (non-hydrogen) atoms. The lowest BCUT2D eigenvalue weighted by Crippen LogP contribution is -2.04. The normalized spacial score (nSPS) is 10.5. The summed E-state index contributed by atoms with van der Waals surface area (Å²) in [6, 6.07) is 6.90. The molecule has 0 saturated heterocycles. The number of carbonyl (C=O) groups excluding carboxylic acids is 2. The maximum absolute atomic E-state index is 11.6. The molecule has 1 aromatic rings. The molecule has 108 valence electrons. The summed E-state index contributed by atoms with van der Waals surface area (Å²) in [5.41, 5.74) is 1.22. The van der Waals surface area contributed by atoms with Crippen LogP contribution in [0.5, 0.6) is 0 Å². The van der Waals surface area contributed by atoms with Gasteiger partial charge in [0.1, 0.15) is 0 Å². The first kappa shape index (κ1) is 16.0. The highest BCUT2D eigenvalue weighted by Gasteiger charge is 2.05. The molecule has 1 rings (SSSR count). The Balaban J connectivity index is 2.61. The Bertz CT molecular complexity index is 477. The Morgan fingerprint density at radius 2 is 2.00 bits per heavy atom. The van der Waals surface area contributed by atoms with Crippen molar-refractivity contribution in [1.82, 2.24) is 0 Å². The summed E-state index contributed by atoms with van der Waals surface area (Å²) in [4.78, 5) is 23.0. The summed E-state index contributed by atoms with van der Waals surface area (Å²) in [6.45, 7) is 4.56. The van der Waals surface area contributed by atoms with Crippen molar-refractivity contribution >= 4 is 18.0 Å². The van der Waals surface area contributed by atoms with Crippen molar-refractivity contribution in [2.24, 2.45) is 0 Å². The Kier molecular flexibility index (Phi) is 7.11. The lowest BCUT2D eigenvalue weighted by molar-refractivity contribution is -0.137. The van der Waals surface area contributed by atoms with E-state index in [1.165, 1.54) is 6.08 Å². The van der Waals surface area contributed by atoms with Gasteiger partial charge in [0, 0.05) is 6.08 Å². The van der Waals surface area contributed by atoms with Gasteiger partial charge in [-0.25, -0.2) is 9.59 Å². The third kappa shape index (κ3) is 5.69. The molecule has 4 nitrogen and oxygen atoms in total. The van der Waals surface area contributed by atoms with Gasteiger partial charge >= 0.3 is 11.9 Å². The van der Waals surface area contributed by atoms with Crippen LogP contribution in [0.1, 0.15) is 42.6 Å². The first-order chi connectivity index (χ1) is 9.67. The number of ether oxygens (including phenoxy) is 2. The van der Waals surface area contributed by atoms with Crippen LogP contribution in [0, 0.1) is 0 Å². The van der Waals surface area contributed by atoms with Crippen LogP contribution in [0.4, 0.5) is 0 Å². The molecule has 0 N–H and O–H groups in total. The van der Waals surface area contributed by atoms with Gasteiger partial charge in [-0.1, -0.05) is 25.5 Å². The number of unbranched alkanes of at least 4 members (excludes halogenated alkanes) is 1. The largest absolute Gasteiger partial charge is 0.463 e. The molecule has 0 aliphatic heterocycles. The van der Waals surface area contributed by atoms with Gasteiger partial charge in [0.2, 0.25) is 0 Å². The maximum atomic E-state index is 11.6. The third-order valence-electron chi connectivity index (χ3n) is 2.55. The van der Waals surface area contributed by atoms with Crippen LogP contribution >= 0.6 is 0 Å². The van der Waals surface area contributed by atoms with Gasteiger partial charge in [-0.15, -0.1) is 0 Å².